The standard InChI is InChI=1S/C19H22ClNO3/c1-3-15-12-21(10-13-4-6-18(22)17(20)8-13)11-14-9-16(23-2)5-7-19(14)24-15/h4-9,15,22H,3,10-12H2,1-2H3/t15-/m1/s1. The number of aromatic hydroxyl groups is 1. The van der Waals surface area contributed by atoms with Gasteiger partial charge in [-0.2, -0.15) is 0 Å². The summed E-state index contributed by atoms with van der Waals surface area (Å²) < 4.78 is 11.5. The molecule has 0 unspecified atom stereocenters. The van der Waals surface area contributed by atoms with Crippen molar-refractivity contribution in [1.29, 1.82) is 0 Å². The summed E-state index contributed by atoms with van der Waals surface area (Å²) in [6.07, 6.45) is 1.09. The number of nitrogens with zero attached hydrogens (tertiary/aromatic N) is 1. The van der Waals surface area contributed by atoms with Crippen LogP contribution in [0.1, 0.15) is 24.5 Å². The lowest BCUT2D eigenvalue weighted by Gasteiger charge is -2.23. The van der Waals surface area contributed by atoms with E-state index in [4.69, 9.17) is 21.1 Å². The van der Waals surface area contributed by atoms with Gasteiger partial charge < -0.3 is 14.6 Å². The van der Waals surface area contributed by atoms with Gasteiger partial charge in [0.15, 0.2) is 0 Å². The molecule has 1 atom stereocenters. The van der Waals surface area contributed by atoms with Crippen LogP contribution in [0.15, 0.2) is 36.4 Å². The second kappa shape index (κ2) is 7.32. The number of phenolic OH excluding ortho intramolecular Hbond substituents is 1. The Kier molecular flexibility index (Phi) is 5.17. The van der Waals surface area contributed by atoms with Crippen LogP contribution in [-0.2, 0) is 13.1 Å². The third-order valence-electron chi connectivity index (χ3n) is 4.29. The number of fused-ring (bicyclic) bond motifs is 1. The van der Waals surface area contributed by atoms with E-state index < -0.39 is 0 Å². The largest absolute Gasteiger partial charge is 0.506 e. The van der Waals surface area contributed by atoms with E-state index in [0.29, 0.717) is 5.02 Å². The van der Waals surface area contributed by atoms with Crippen molar-refractivity contribution in [2.45, 2.75) is 32.5 Å². The Morgan fingerprint density at radius 3 is 2.83 bits per heavy atom. The molecular weight excluding hydrogens is 326 g/mol. The highest BCUT2D eigenvalue weighted by atomic mass is 35.5. The molecule has 0 aliphatic carbocycles. The number of hydrogen-bond donors (Lipinski definition) is 1. The number of methoxy groups -OCH3 is 1. The fourth-order valence-corrected chi connectivity index (χ4v) is 3.17. The Morgan fingerprint density at radius 2 is 2.12 bits per heavy atom. The van der Waals surface area contributed by atoms with Crippen LogP contribution in [-0.4, -0.2) is 29.8 Å². The SMILES string of the molecule is CC[C@@H]1CN(Cc2ccc(O)c(Cl)c2)Cc2cc(OC)ccc2O1. The summed E-state index contributed by atoms with van der Waals surface area (Å²) >= 11 is 6.03. The van der Waals surface area contributed by atoms with Gasteiger partial charge in [0.2, 0.25) is 0 Å². The molecule has 0 amide bonds. The minimum atomic E-state index is 0.112. The molecule has 0 bridgehead atoms. The van der Waals surface area contributed by atoms with Crippen LogP contribution in [0.5, 0.6) is 17.2 Å². The first kappa shape index (κ1) is 16.9. The van der Waals surface area contributed by atoms with Crippen LogP contribution in [0.25, 0.3) is 0 Å². The molecule has 1 aliphatic heterocycles. The summed E-state index contributed by atoms with van der Waals surface area (Å²) in [5.74, 6) is 1.87. The quantitative estimate of drug-likeness (QED) is 0.898. The number of halogens is 1. The summed E-state index contributed by atoms with van der Waals surface area (Å²) in [4.78, 5) is 2.34. The summed E-state index contributed by atoms with van der Waals surface area (Å²) in [7, 11) is 1.67. The minimum Gasteiger partial charge on any atom is -0.506 e. The summed E-state index contributed by atoms with van der Waals surface area (Å²) in [6.45, 7) is 4.50. The average molecular weight is 348 g/mol. The molecule has 3 rings (SSSR count). The van der Waals surface area contributed by atoms with Crippen molar-refractivity contribution in [1.82, 2.24) is 4.90 Å². The smallest absolute Gasteiger partial charge is 0.134 e. The van der Waals surface area contributed by atoms with Crippen LogP contribution in [0.4, 0.5) is 0 Å². The maximum atomic E-state index is 9.58. The van der Waals surface area contributed by atoms with Gasteiger partial charge in [0, 0.05) is 25.2 Å². The molecule has 5 heteroatoms. The number of rotatable bonds is 4. The van der Waals surface area contributed by atoms with Gasteiger partial charge in [-0.15, -0.1) is 0 Å². The lowest BCUT2D eigenvalue weighted by Crippen LogP contribution is -2.32. The Balaban J connectivity index is 1.85. The van der Waals surface area contributed by atoms with Crippen molar-refractivity contribution in [3.8, 4) is 17.2 Å². The van der Waals surface area contributed by atoms with Crippen molar-refractivity contribution in [3.63, 3.8) is 0 Å². The minimum absolute atomic E-state index is 0.112. The van der Waals surface area contributed by atoms with Crippen molar-refractivity contribution in [2.24, 2.45) is 0 Å². The lowest BCUT2D eigenvalue weighted by molar-refractivity contribution is 0.139. The Morgan fingerprint density at radius 1 is 1.29 bits per heavy atom. The highest BCUT2D eigenvalue weighted by Crippen LogP contribution is 2.31. The van der Waals surface area contributed by atoms with Crippen molar-refractivity contribution in [3.05, 3.63) is 52.5 Å². The van der Waals surface area contributed by atoms with E-state index in [-0.39, 0.29) is 11.9 Å². The van der Waals surface area contributed by atoms with Gasteiger partial charge in [-0.3, -0.25) is 4.90 Å². The average Bonchev–Trinajstić information content (AvgIpc) is 2.75. The van der Waals surface area contributed by atoms with Crippen LogP contribution < -0.4 is 9.47 Å². The third kappa shape index (κ3) is 3.77. The van der Waals surface area contributed by atoms with E-state index in [2.05, 4.69) is 11.8 Å². The van der Waals surface area contributed by atoms with Crippen LogP contribution in [0.3, 0.4) is 0 Å². The van der Waals surface area contributed by atoms with Crippen LogP contribution in [0.2, 0.25) is 5.02 Å². The Labute approximate surface area is 147 Å². The first-order valence-corrected chi connectivity index (χ1v) is 8.50. The predicted octanol–water partition coefficient (Wildman–Crippen LogP) is 4.23. The second-order valence-electron chi connectivity index (χ2n) is 6.08. The molecule has 2 aromatic carbocycles. The van der Waals surface area contributed by atoms with Gasteiger partial charge in [0.25, 0.3) is 0 Å². The van der Waals surface area contributed by atoms with Gasteiger partial charge >= 0.3 is 0 Å². The number of hydrogen-bond acceptors (Lipinski definition) is 4. The van der Waals surface area contributed by atoms with Gasteiger partial charge in [-0.05, 0) is 42.3 Å². The summed E-state index contributed by atoms with van der Waals surface area (Å²) in [6, 6.07) is 11.3. The molecule has 0 saturated heterocycles. The van der Waals surface area contributed by atoms with E-state index in [1.165, 1.54) is 0 Å². The maximum absolute atomic E-state index is 9.58. The first-order chi connectivity index (χ1) is 11.6. The molecule has 0 spiro atoms. The Hall–Kier alpha value is -1.91. The number of phenols is 1. The fraction of sp³-hybridized carbons (Fsp3) is 0.368. The monoisotopic (exact) mass is 347 g/mol. The highest BCUT2D eigenvalue weighted by molar-refractivity contribution is 6.32. The molecule has 2 aromatic rings. The zero-order valence-electron chi connectivity index (χ0n) is 14.0. The van der Waals surface area contributed by atoms with E-state index in [1.807, 2.05) is 30.3 Å². The van der Waals surface area contributed by atoms with Gasteiger partial charge in [-0.25, -0.2) is 0 Å². The molecule has 0 aromatic heterocycles. The normalized spacial score (nSPS) is 17.7. The van der Waals surface area contributed by atoms with E-state index in [1.54, 1.807) is 13.2 Å². The van der Waals surface area contributed by atoms with Crippen LogP contribution >= 0.6 is 11.6 Å². The predicted molar refractivity (Wildman–Crippen MR) is 94.9 cm³/mol. The maximum Gasteiger partial charge on any atom is 0.134 e. The van der Waals surface area contributed by atoms with Crippen LogP contribution in [0, 0.1) is 0 Å². The molecule has 1 heterocycles. The fourth-order valence-electron chi connectivity index (χ4n) is 2.97. The first-order valence-electron chi connectivity index (χ1n) is 8.12. The summed E-state index contributed by atoms with van der Waals surface area (Å²) in [5.41, 5.74) is 2.19. The number of ether oxygens (including phenoxy) is 2. The second-order valence-corrected chi connectivity index (χ2v) is 6.48. The van der Waals surface area contributed by atoms with Gasteiger partial charge in [0.1, 0.15) is 23.4 Å². The number of benzene rings is 2. The van der Waals surface area contributed by atoms with Crippen molar-refractivity contribution < 1.29 is 14.6 Å². The molecule has 4 nitrogen and oxygen atoms in total. The van der Waals surface area contributed by atoms with Crippen molar-refractivity contribution in [2.75, 3.05) is 13.7 Å². The lowest BCUT2D eigenvalue weighted by atomic mass is 10.1. The molecule has 128 valence electrons. The Bertz CT molecular complexity index is 720. The van der Waals surface area contributed by atoms with Gasteiger partial charge in [-0.1, -0.05) is 24.6 Å². The molecule has 1 aliphatic rings. The van der Waals surface area contributed by atoms with E-state index in [9.17, 15) is 5.11 Å². The highest BCUT2D eigenvalue weighted by Gasteiger charge is 2.22. The molecule has 0 radical (unpaired) electrons. The van der Waals surface area contributed by atoms with E-state index in [0.717, 1.165) is 48.7 Å². The molecular formula is C19H22ClNO3. The van der Waals surface area contributed by atoms with E-state index >= 15 is 0 Å². The van der Waals surface area contributed by atoms with Gasteiger partial charge in [0.05, 0.1) is 12.1 Å². The molecule has 1 N–H and O–H groups in total. The topological polar surface area (TPSA) is 41.9 Å². The summed E-state index contributed by atoms with van der Waals surface area (Å²) in [5, 5.41) is 9.97. The zero-order chi connectivity index (χ0) is 17.1. The molecule has 24 heavy (non-hydrogen) atoms. The molecule has 0 fully saturated rings. The zero-order valence-corrected chi connectivity index (χ0v) is 14.7. The van der Waals surface area contributed by atoms with Crippen molar-refractivity contribution >= 4 is 11.6 Å². The third-order valence-corrected chi connectivity index (χ3v) is 4.59. The molecule has 0 saturated carbocycles.